The number of nitrogens with zero attached hydrogens (tertiary/aromatic N) is 3. The zero-order chi connectivity index (χ0) is 12.1. The van der Waals surface area contributed by atoms with Crippen LogP contribution in [0, 0.1) is 0 Å². The molecule has 1 aliphatic rings. The van der Waals surface area contributed by atoms with Crippen LogP contribution in [0.25, 0.3) is 0 Å². The highest BCUT2D eigenvalue weighted by molar-refractivity contribution is 5.04. The lowest BCUT2D eigenvalue weighted by atomic mass is 10.2. The molecule has 4 nitrogen and oxygen atoms in total. The van der Waals surface area contributed by atoms with E-state index in [9.17, 15) is 0 Å². The minimum absolute atomic E-state index is 0.742. The summed E-state index contributed by atoms with van der Waals surface area (Å²) in [7, 11) is 1.98. The lowest BCUT2D eigenvalue weighted by Crippen LogP contribution is -2.38. The first kappa shape index (κ1) is 12.6. The topological polar surface area (TPSA) is 33.1 Å². The Morgan fingerprint density at radius 1 is 1.53 bits per heavy atom. The Kier molecular flexibility index (Phi) is 4.57. The molecule has 1 unspecified atom stereocenters. The van der Waals surface area contributed by atoms with E-state index in [0.717, 1.165) is 25.6 Å². The molecule has 0 bridgehead atoms. The predicted octanol–water partition coefficient (Wildman–Crippen LogP) is 1.04. The second-order valence-electron chi connectivity index (χ2n) is 4.91. The van der Waals surface area contributed by atoms with Gasteiger partial charge in [0, 0.05) is 32.4 Å². The summed E-state index contributed by atoms with van der Waals surface area (Å²) in [6, 6.07) is 0.742. The van der Waals surface area contributed by atoms with Crippen molar-refractivity contribution in [2.75, 3.05) is 26.2 Å². The van der Waals surface area contributed by atoms with Gasteiger partial charge in [-0.15, -0.1) is 0 Å². The zero-order valence-electron chi connectivity index (χ0n) is 11.0. The van der Waals surface area contributed by atoms with Crippen LogP contribution in [0.3, 0.4) is 0 Å². The number of aryl methyl sites for hydroxylation is 1. The minimum Gasteiger partial charge on any atom is -0.315 e. The fraction of sp³-hybridized carbons (Fsp3) is 0.769. The first-order valence-corrected chi connectivity index (χ1v) is 6.72. The minimum atomic E-state index is 0.742. The third-order valence-corrected chi connectivity index (χ3v) is 3.58. The van der Waals surface area contributed by atoms with E-state index in [1.54, 1.807) is 0 Å². The Morgan fingerprint density at radius 3 is 3.12 bits per heavy atom. The van der Waals surface area contributed by atoms with Crippen LogP contribution < -0.4 is 5.32 Å². The van der Waals surface area contributed by atoms with E-state index in [-0.39, 0.29) is 0 Å². The van der Waals surface area contributed by atoms with Gasteiger partial charge in [0.05, 0.1) is 6.20 Å². The molecule has 2 heterocycles. The number of aromatic nitrogens is 2. The molecule has 1 atom stereocenters. The van der Waals surface area contributed by atoms with Crippen molar-refractivity contribution in [3.05, 3.63) is 18.0 Å². The fourth-order valence-corrected chi connectivity index (χ4v) is 2.61. The van der Waals surface area contributed by atoms with Gasteiger partial charge in [0.15, 0.2) is 0 Å². The van der Waals surface area contributed by atoms with E-state index in [1.165, 1.54) is 31.5 Å². The average Bonchev–Trinajstić information content (AvgIpc) is 2.92. The Bertz CT molecular complexity index is 334. The molecule has 0 aliphatic carbocycles. The summed E-state index contributed by atoms with van der Waals surface area (Å²) >= 11 is 0. The maximum Gasteiger partial charge on any atom is 0.0522 e. The first-order valence-electron chi connectivity index (χ1n) is 6.72. The van der Waals surface area contributed by atoms with Crippen molar-refractivity contribution in [3.63, 3.8) is 0 Å². The summed E-state index contributed by atoms with van der Waals surface area (Å²) in [6.07, 6.45) is 7.92. The van der Waals surface area contributed by atoms with Crippen molar-refractivity contribution >= 4 is 0 Å². The highest BCUT2D eigenvalue weighted by atomic mass is 15.2. The molecule has 4 heteroatoms. The molecular weight excluding hydrogens is 212 g/mol. The lowest BCUT2D eigenvalue weighted by molar-refractivity contribution is 0.251. The molecule has 0 amide bonds. The average molecular weight is 236 g/mol. The van der Waals surface area contributed by atoms with Crippen LogP contribution in [0.2, 0.25) is 0 Å². The number of likely N-dealkylation sites (N-methyl/N-ethyl adjacent to an activating group) is 1. The van der Waals surface area contributed by atoms with Crippen LogP contribution in [-0.2, 0) is 13.5 Å². The molecule has 1 N–H and O–H groups in total. The van der Waals surface area contributed by atoms with E-state index >= 15 is 0 Å². The molecule has 96 valence electrons. The van der Waals surface area contributed by atoms with Gasteiger partial charge in [0.1, 0.15) is 0 Å². The Labute approximate surface area is 104 Å². The van der Waals surface area contributed by atoms with Gasteiger partial charge in [-0.25, -0.2) is 0 Å². The van der Waals surface area contributed by atoms with Crippen LogP contribution in [0.4, 0.5) is 0 Å². The van der Waals surface area contributed by atoms with Gasteiger partial charge in [0.2, 0.25) is 0 Å². The summed E-state index contributed by atoms with van der Waals surface area (Å²) in [5.74, 6) is 0. The number of hydrogen-bond acceptors (Lipinski definition) is 3. The van der Waals surface area contributed by atoms with Crippen molar-refractivity contribution in [2.24, 2.45) is 7.05 Å². The molecule has 0 aromatic carbocycles. The molecule has 1 aliphatic heterocycles. The van der Waals surface area contributed by atoms with Gasteiger partial charge in [-0.2, -0.15) is 5.10 Å². The number of nitrogens with one attached hydrogen (secondary N) is 1. The highest BCUT2D eigenvalue weighted by Gasteiger charge is 2.23. The van der Waals surface area contributed by atoms with E-state index in [4.69, 9.17) is 0 Å². The summed E-state index contributed by atoms with van der Waals surface area (Å²) in [4.78, 5) is 2.62. The maximum atomic E-state index is 4.22. The number of rotatable bonds is 6. The summed E-state index contributed by atoms with van der Waals surface area (Å²) in [5.41, 5.74) is 1.35. The van der Waals surface area contributed by atoms with Gasteiger partial charge in [-0.3, -0.25) is 9.58 Å². The lowest BCUT2D eigenvalue weighted by Gasteiger charge is -2.24. The van der Waals surface area contributed by atoms with Gasteiger partial charge in [-0.1, -0.05) is 6.92 Å². The standard InChI is InChI=1S/C13H24N4/c1-3-14-10-13-5-4-7-17(13)8-6-12-9-15-16(2)11-12/h9,11,13-14H,3-8,10H2,1-2H3. The third-order valence-electron chi connectivity index (χ3n) is 3.58. The Hall–Kier alpha value is -0.870. The van der Waals surface area contributed by atoms with Crippen molar-refractivity contribution in [1.82, 2.24) is 20.0 Å². The van der Waals surface area contributed by atoms with Gasteiger partial charge in [-0.05, 0) is 37.9 Å². The molecule has 0 spiro atoms. The van der Waals surface area contributed by atoms with Crippen molar-refractivity contribution < 1.29 is 0 Å². The quantitative estimate of drug-likeness (QED) is 0.801. The molecule has 17 heavy (non-hydrogen) atoms. The predicted molar refractivity (Wildman–Crippen MR) is 70.1 cm³/mol. The van der Waals surface area contributed by atoms with Crippen molar-refractivity contribution in [2.45, 2.75) is 32.2 Å². The van der Waals surface area contributed by atoms with Crippen LogP contribution in [0.1, 0.15) is 25.3 Å². The van der Waals surface area contributed by atoms with Crippen molar-refractivity contribution in [3.8, 4) is 0 Å². The van der Waals surface area contributed by atoms with Gasteiger partial charge < -0.3 is 5.32 Å². The van der Waals surface area contributed by atoms with Crippen LogP contribution in [-0.4, -0.2) is 46.9 Å². The first-order chi connectivity index (χ1) is 8.29. The van der Waals surface area contributed by atoms with E-state index in [2.05, 4.69) is 28.4 Å². The Balaban J connectivity index is 1.77. The summed E-state index contributed by atoms with van der Waals surface area (Å²) < 4.78 is 1.88. The third kappa shape index (κ3) is 3.54. The SMILES string of the molecule is CCNCC1CCCN1CCc1cnn(C)c1. The van der Waals surface area contributed by atoms with E-state index < -0.39 is 0 Å². The smallest absolute Gasteiger partial charge is 0.0522 e. The number of likely N-dealkylation sites (tertiary alicyclic amines) is 1. The van der Waals surface area contributed by atoms with Crippen LogP contribution in [0.15, 0.2) is 12.4 Å². The molecular formula is C13H24N4. The summed E-state index contributed by atoms with van der Waals surface area (Å²) in [6.45, 7) is 6.82. The van der Waals surface area contributed by atoms with E-state index in [0.29, 0.717) is 0 Å². The molecule has 1 aromatic heterocycles. The fourth-order valence-electron chi connectivity index (χ4n) is 2.61. The largest absolute Gasteiger partial charge is 0.315 e. The molecule has 1 fully saturated rings. The van der Waals surface area contributed by atoms with Crippen LogP contribution >= 0.6 is 0 Å². The number of hydrogen-bond donors (Lipinski definition) is 1. The normalized spacial score (nSPS) is 21.2. The second-order valence-corrected chi connectivity index (χ2v) is 4.91. The Morgan fingerprint density at radius 2 is 2.41 bits per heavy atom. The highest BCUT2D eigenvalue weighted by Crippen LogP contribution is 2.16. The van der Waals surface area contributed by atoms with Crippen molar-refractivity contribution in [1.29, 1.82) is 0 Å². The monoisotopic (exact) mass is 236 g/mol. The van der Waals surface area contributed by atoms with Gasteiger partial charge >= 0.3 is 0 Å². The molecule has 0 saturated carbocycles. The maximum absolute atomic E-state index is 4.22. The second kappa shape index (κ2) is 6.17. The van der Waals surface area contributed by atoms with Crippen LogP contribution in [0.5, 0.6) is 0 Å². The molecule has 1 saturated heterocycles. The van der Waals surface area contributed by atoms with E-state index in [1.807, 2.05) is 17.9 Å². The molecule has 2 rings (SSSR count). The van der Waals surface area contributed by atoms with Gasteiger partial charge in [0.25, 0.3) is 0 Å². The molecule has 0 radical (unpaired) electrons. The summed E-state index contributed by atoms with van der Waals surface area (Å²) in [5, 5.41) is 7.68. The zero-order valence-corrected chi connectivity index (χ0v) is 11.0. The molecule has 1 aromatic rings.